The number of imidazole rings is 1. The van der Waals surface area contributed by atoms with Crippen molar-refractivity contribution in [1.82, 2.24) is 9.55 Å². The highest BCUT2D eigenvalue weighted by Crippen LogP contribution is 2.20. The van der Waals surface area contributed by atoms with Crippen LogP contribution in [0, 0.1) is 13.8 Å². The number of nitrogens with two attached hydrogens (primary N) is 1. The van der Waals surface area contributed by atoms with Gasteiger partial charge >= 0.3 is 0 Å². The first-order valence-corrected chi connectivity index (χ1v) is 6.61. The van der Waals surface area contributed by atoms with Crippen LogP contribution in [-0.2, 0) is 13.0 Å². The highest BCUT2D eigenvalue weighted by molar-refractivity contribution is 5.37. The summed E-state index contributed by atoms with van der Waals surface area (Å²) in [5, 5.41) is 0. The summed E-state index contributed by atoms with van der Waals surface area (Å²) in [5.41, 5.74) is 8.06. The number of aryl methyl sites for hydroxylation is 2. The van der Waals surface area contributed by atoms with Crippen LogP contribution in [0.2, 0.25) is 0 Å². The van der Waals surface area contributed by atoms with E-state index in [-0.39, 0.29) is 0 Å². The van der Waals surface area contributed by atoms with E-state index in [2.05, 4.69) is 28.6 Å². The molecule has 2 aromatic rings. The number of hydrogen-bond acceptors (Lipinski definition) is 3. The van der Waals surface area contributed by atoms with Gasteiger partial charge in [0.25, 0.3) is 0 Å². The molecule has 1 aromatic heterocycles. The van der Waals surface area contributed by atoms with Crippen LogP contribution in [0.1, 0.15) is 17.0 Å². The standard InChI is InChI=1S/C15H21N3O/c1-12-3-4-15(14(11-12)5-6-16)19-10-9-18-8-7-17-13(18)2/h3-4,7-8,11H,5-6,9-10,16H2,1-2H3. The number of nitrogens with zero attached hydrogens (tertiary/aromatic N) is 2. The molecule has 0 aliphatic rings. The fraction of sp³-hybridized carbons (Fsp3) is 0.400. The molecule has 0 amide bonds. The summed E-state index contributed by atoms with van der Waals surface area (Å²) in [6, 6.07) is 6.24. The van der Waals surface area contributed by atoms with E-state index in [9.17, 15) is 0 Å². The summed E-state index contributed by atoms with van der Waals surface area (Å²) >= 11 is 0. The Hall–Kier alpha value is -1.81. The van der Waals surface area contributed by atoms with Crippen molar-refractivity contribution in [3.8, 4) is 5.75 Å². The molecular formula is C15H21N3O. The second-order valence-electron chi connectivity index (χ2n) is 4.67. The van der Waals surface area contributed by atoms with Crippen molar-refractivity contribution in [3.05, 3.63) is 47.5 Å². The van der Waals surface area contributed by atoms with Crippen LogP contribution in [-0.4, -0.2) is 22.7 Å². The topological polar surface area (TPSA) is 53.1 Å². The van der Waals surface area contributed by atoms with Crippen molar-refractivity contribution in [2.75, 3.05) is 13.2 Å². The molecule has 102 valence electrons. The normalized spacial score (nSPS) is 10.7. The molecule has 0 unspecified atom stereocenters. The van der Waals surface area contributed by atoms with Gasteiger partial charge < -0.3 is 15.0 Å². The summed E-state index contributed by atoms with van der Waals surface area (Å²) < 4.78 is 7.95. The second-order valence-corrected chi connectivity index (χ2v) is 4.67. The van der Waals surface area contributed by atoms with Crippen LogP contribution < -0.4 is 10.5 Å². The van der Waals surface area contributed by atoms with E-state index in [4.69, 9.17) is 10.5 Å². The van der Waals surface area contributed by atoms with E-state index in [1.54, 1.807) is 6.20 Å². The van der Waals surface area contributed by atoms with E-state index in [0.717, 1.165) is 24.5 Å². The van der Waals surface area contributed by atoms with Gasteiger partial charge in [-0.05, 0) is 38.4 Å². The molecule has 4 nitrogen and oxygen atoms in total. The van der Waals surface area contributed by atoms with E-state index in [1.165, 1.54) is 11.1 Å². The van der Waals surface area contributed by atoms with Crippen LogP contribution in [0.25, 0.3) is 0 Å². The zero-order valence-corrected chi connectivity index (χ0v) is 11.6. The fourth-order valence-corrected chi connectivity index (χ4v) is 2.09. The van der Waals surface area contributed by atoms with Gasteiger partial charge in [-0.2, -0.15) is 0 Å². The molecule has 0 aliphatic carbocycles. The molecule has 0 radical (unpaired) electrons. The van der Waals surface area contributed by atoms with Crippen LogP contribution in [0.3, 0.4) is 0 Å². The predicted octanol–water partition coefficient (Wildman–Crippen LogP) is 2.08. The quantitative estimate of drug-likeness (QED) is 0.864. The maximum atomic E-state index is 5.87. The fourth-order valence-electron chi connectivity index (χ4n) is 2.09. The van der Waals surface area contributed by atoms with Crippen LogP contribution in [0.15, 0.2) is 30.6 Å². The number of rotatable bonds is 6. The Labute approximate surface area is 114 Å². The minimum Gasteiger partial charge on any atom is -0.491 e. The van der Waals surface area contributed by atoms with Crippen molar-refractivity contribution in [2.45, 2.75) is 26.8 Å². The number of hydrogen-bond donors (Lipinski definition) is 1. The molecule has 0 bridgehead atoms. The Morgan fingerprint density at radius 3 is 2.84 bits per heavy atom. The first kappa shape index (κ1) is 13.6. The summed E-state index contributed by atoms with van der Waals surface area (Å²) in [6.45, 7) is 6.16. The first-order valence-electron chi connectivity index (χ1n) is 6.61. The Balaban J connectivity index is 1.97. The summed E-state index contributed by atoms with van der Waals surface area (Å²) in [4.78, 5) is 4.19. The molecule has 0 atom stereocenters. The largest absolute Gasteiger partial charge is 0.491 e. The third-order valence-electron chi connectivity index (χ3n) is 3.14. The minimum absolute atomic E-state index is 0.637. The van der Waals surface area contributed by atoms with Gasteiger partial charge in [-0.3, -0.25) is 0 Å². The van der Waals surface area contributed by atoms with E-state index < -0.39 is 0 Å². The molecule has 1 heterocycles. The van der Waals surface area contributed by atoms with Gasteiger partial charge in [0, 0.05) is 12.4 Å². The highest BCUT2D eigenvalue weighted by atomic mass is 16.5. The maximum Gasteiger partial charge on any atom is 0.122 e. The van der Waals surface area contributed by atoms with Crippen molar-refractivity contribution in [2.24, 2.45) is 5.73 Å². The van der Waals surface area contributed by atoms with Crippen molar-refractivity contribution >= 4 is 0 Å². The van der Waals surface area contributed by atoms with E-state index in [1.807, 2.05) is 19.2 Å². The van der Waals surface area contributed by atoms with E-state index in [0.29, 0.717) is 13.2 Å². The lowest BCUT2D eigenvalue weighted by Crippen LogP contribution is -2.11. The van der Waals surface area contributed by atoms with Gasteiger partial charge in [-0.1, -0.05) is 17.7 Å². The Morgan fingerprint density at radius 1 is 1.32 bits per heavy atom. The van der Waals surface area contributed by atoms with Crippen LogP contribution >= 0.6 is 0 Å². The molecule has 19 heavy (non-hydrogen) atoms. The summed E-state index contributed by atoms with van der Waals surface area (Å²) in [7, 11) is 0. The average molecular weight is 259 g/mol. The zero-order valence-electron chi connectivity index (χ0n) is 11.6. The molecule has 0 saturated heterocycles. The average Bonchev–Trinajstić information content (AvgIpc) is 2.78. The zero-order chi connectivity index (χ0) is 13.7. The molecule has 2 rings (SSSR count). The molecule has 2 N–H and O–H groups in total. The Morgan fingerprint density at radius 2 is 2.16 bits per heavy atom. The van der Waals surface area contributed by atoms with Crippen LogP contribution in [0.4, 0.5) is 0 Å². The molecule has 0 aliphatic heterocycles. The molecular weight excluding hydrogens is 238 g/mol. The van der Waals surface area contributed by atoms with Gasteiger partial charge in [0.05, 0.1) is 6.54 Å². The van der Waals surface area contributed by atoms with Gasteiger partial charge in [-0.25, -0.2) is 4.98 Å². The molecule has 0 saturated carbocycles. The lowest BCUT2D eigenvalue weighted by atomic mass is 10.1. The lowest BCUT2D eigenvalue weighted by Gasteiger charge is -2.12. The highest BCUT2D eigenvalue weighted by Gasteiger charge is 2.04. The van der Waals surface area contributed by atoms with Gasteiger partial charge in [0.15, 0.2) is 0 Å². The number of ether oxygens (including phenoxy) is 1. The second kappa shape index (κ2) is 6.38. The third kappa shape index (κ3) is 3.58. The first-order chi connectivity index (χ1) is 9.20. The molecule has 0 fully saturated rings. The van der Waals surface area contributed by atoms with Crippen molar-refractivity contribution in [1.29, 1.82) is 0 Å². The number of benzene rings is 1. The maximum absolute atomic E-state index is 5.87. The lowest BCUT2D eigenvalue weighted by molar-refractivity contribution is 0.294. The van der Waals surface area contributed by atoms with Gasteiger partial charge in [0.2, 0.25) is 0 Å². The SMILES string of the molecule is Cc1ccc(OCCn2ccnc2C)c(CCN)c1. The summed E-state index contributed by atoms with van der Waals surface area (Å²) in [6.07, 6.45) is 4.62. The smallest absolute Gasteiger partial charge is 0.122 e. The predicted molar refractivity (Wildman–Crippen MR) is 76.4 cm³/mol. The molecule has 0 spiro atoms. The Kier molecular flexibility index (Phi) is 4.58. The summed E-state index contributed by atoms with van der Waals surface area (Å²) in [5.74, 6) is 1.95. The van der Waals surface area contributed by atoms with Crippen molar-refractivity contribution in [3.63, 3.8) is 0 Å². The van der Waals surface area contributed by atoms with Crippen LogP contribution in [0.5, 0.6) is 5.75 Å². The molecule has 1 aromatic carbocycles. The Bertz CT molecular complexity index is 534. The van der Waals surface area contributed by atoms with Gasteiger partial charge in [-0.15, -0.1) is 0 Å². The minimum atomic E-state index is 0.637. The monoisotopic (exact) mass is 259 g/mol. The van der Waals surface area contributed by atoms with E-state index >= 15 is 0 Å². The number of aromatic nitrogens is 2. The third-order valence-corrected chi connectivity index (χ3v) is 3.14. The van der Waals surface area contributed by atoms with Crippen molar-refractivity contribution < 1.29 is 4.74 Å². The molecule has 4 heteroatoms. The van der Waals surface area contributed by atoms with Gasteiger partial charge in [0.1, 0.15) is 18.2 Å².